The van der Waals surface area contributed by atoms with E-state index in [2.05, 4.69) is 29.2 Å². The normalized spacial score (nSPS) is 11.9. The number of aryl methyl sites for hydroxylation is 1. The molecule has 1 aromatic heterocycles. The summed E-state index contributed by atoms with van der Waals surface area (Å²) >= 11 is 1.67. The molecule has 0 saturated heterocycles. The van der Waals surface area contributed by atoms with Crippen molar-refractivity contribution in [2.24, 2.45) is 5.73 Å². The van der Waals surface area contributed by atoms with Crippen molar-refractivity contribution in [1.29, 1.82) is 0 Å². The van der Waals surface area contributed by atoms with Crippen LogP contribution < -0.4 is 5.73 Å². The Morgan fingerprint density at radius 3 is 2.31 bits per heavy atom. The Balaban J connectivity index is 0.00000128. The van der Waals surface area contributed by atoms with Crippen LogP contribution >= 0.6 is 24.8 Å². The van der Waals surface area contributed by atoms with Gasteiger partial charge in [0.25, 0.3) is 0 Å². The van der Waals surface area contributed by atoms with Crippen LogP contribution in [0, 0.1) is 6.92 Å². The molecule has 0 fully saturated rings. The van der Waals surface area contributed by atoms with E-state index in [4.69, 9.17) is 5.73 Å². The van der Waals surface area contributed by atoms with Crippen molar-refractivity contribution in [3.05, 3.63) is 41.0 Å². The first kappa shape index (κ1) is 13.2. The van der Waals surface area contributed by atoms with E-state index in [0.717, 1.165) is 5.69 Å². The standard InChI is InChI=1S/C12H14N2S.H2S/c1-8(13)10-3-5-11(6-4-10)12-9(2)14-7-15-12;/h3-8H,13H2,1-2H3;1H2/t8-;/m0./s1. The van der Waals surface area contributed by atoms with Crippen molar-refractivity contribution >= 4 is 24.8 Å². The lowest BCUT2D eigenvalue weighted by atomic mass is 10.1. The molecule has 0 unspecified atom stereocenters. The van der Waals surface area contributed by atoms with Gasteiger partial charge in [0, 0.05) is 6.04 Å². The van der Waals surface area contributed by atoms with E-state index in [1.54, 1.807) is 11.3 Å². The third kappa shape index (κ3) is 2.64. The Kier molecular flexibility index (Phi) is 4.53. The summed E-state index contributed by atoms with van der Waals surface area (Å²) < 4.78 is 0. The zero-order valence-corrected chi connectivity index (χ0v) is 11.2. The average molecular weight is 252 g/mol. The lowest BCUT2D eigenvalue weighted by molar-refractivity contribution is 0.818. The molecule has 0 aliphatic carbocycles. The quantitative estimate of drug-likeness (QED) is 0.891. The fourth-order valence-corrected chi connectivity index (χ4v) is 2.33. The molecule has 0 bridgehead atoms. The van der Waals surface area contributed by atoms with Crippen molar-refractivity contribution in [2.45, 2.75) is 19.9 Å². The van der Waals surface area contributed by atoms with Crippen LogP contribution in [0.25, 0.3) is 10.4 Å². The lowest BCUT2D eigenvalue weighted by Gasteiger charge is -2.06. The molecular weight excluding hydrogens is 236 g/mol. The molecule has 1 aromatic carbocycles. The first-order valence-electron chi connectivity index (χ1n) is 4.94. The first-order chi connectivity index (χ1) is 7.18. The highest BCUT2D eigenvalue weighted by Gasteiger charge is 2.05. The second-order valence-corrected chi connectivity index (χ2v) is 4.53. The number of rotatable bonds is 2. The number of hydrogen-bond acceptors (Lipinski definition) is 3. The summed E-state index contributed by atoms with van der Waals surface area (Å²) in [6.45, 7) is 4.03. The van der Waals surface area contributed by atoms with Crippen molar-refractivity contribution < 1.29 is 0 Å². The van der Waals surface area contributed by atoms with Gasteiger partial charge in [0.05, 0.1) is 16.1 Å². The van der Waals surface area contributed by atoms with E-state index >= 15 is 0 Å². The molecule has 4 heteroatoms. The Hall–Kier alpha value is -0.840. The van der Waals surface area contributed by atoms with Gasteiger partial charge in [-0.1, -0.05) is 24.3 Å². The van der Waals surface area contributed by atoms with Crippen LogP contribution in [0.15, 0.2) is 29.8 Å². The summed E-state index contributed by atoms with van der Waals surface area (Å²) in [5, 5.41) is 0. The zero-order valence-electron chi connectivity index (χ0n) is 9.40. The maximum absolute atomic E-state index is 5.80. The molecule has 16 heavy (non-hydrogen) atoms. The van der Waals surface area contributed by atoms with Gasteiger partial charge in [-0.05, 0) is 25.0 Å². The Morgan fingerprint density at radius 1 is 1.25 bits per heavy atom. The van der Waals surface area contributed by atoms with Crippen LogP contribution in [0.1, 0.15) is 24.2 Å². The van der Waals surface area contributed by atoms with E-state index in [0.29, 0.717) is 0 Å². The van der Waals surface area contributed by atoms with Gasteiger partial charge in [-0.3, -0.25) is 0 Å². The average Bonchev–Trinajstić information content (AvgIpc) is 2.65. The third-order valence-electron chi connectivity index (χ3n) is 2.44. The maximum Gasteiger partial charge on any atom is 0.0801 e. The number of aromatic nitrogens is 1. The molecule has 0 amide bonds. The number of nitrogens with two attached hydrogens (primary N) is 1. The SMILES string of the molecule is Cc1ncsc1-c1ccc([C@H](C)N)cc1.S. The first-order valence-corrected chi connectivity index (χ1v) is 5.82. The lowest BCUT2D eigenvalue weighted by Crippen LogP contribution is -2.04. The molecule has 1 heterocycles. The summed E-state index contributed by atoms with van der Waals surface area (Å²) in [6.07, 6.45) is 0. The Labute approximate surface area is 107 Å². The van der Waals surface area contributed by atoms with Crippen molar-refractivity contribution in [1.82, 2.24) is 4.98 Å². The van der Waals surface area contributed by atoms with Gasteiger partial charge in [-0.2, -0.15) is 13.5 Å². The highest BCUT2D eigenvalue weighted by molar-refractivity contribution is 7.59. The molecule has 0 saturated carbocycles. The van der Waals surface area contributed by atoms with Crippen LogP contribution in [-0.2, 0) is 0 Å². The van der Waals surface area contributed by atoms with Crippen LogP contribution in [0.4, 0.5) is 0 Å². The van der Waals surface area contributed by atoms with Gasteiger partial charge in [-0.25, -0.2) is 4.98 Å². The highest BCUT2D eigenvalue weighted by atomic mass is 32.1. The fraction of sp³-hybridized carbons (Fsp3) is 0.250. The Bertz CT molecular complexity index is 446. The van der Waals surface area contributed by atoms with E-state index in [9.17, 15) is 0 Å². The van der Waals surface area contributed by atoms with Gasteiger partial charge in [0.1, 0.15) is 0 Å². The van der Waals surface area contributed by atoms with Crippen molar-refractivity contribution in [3.8, 4) is 10.4 Å². The molecule has 2 rings (SSSR count). The van der Waals surface area contributed by atoms with Crippen LogP contribution in [0.5, 0.6) is 0 Å². The molecule has 86 valence electrons. The largest absolute Gasteiger partial charge is 0.324 e. The molecular formula is C12H16N2S2. The fourth-order valence-electron chi connectivity index (χ4n) is 1.52. The number of nitrogens with zero attached hydrogens (tertiary/aromatic N) is 1. The molecule has 2 aromatic rings. The number of thiazole rings is 1. The summed E-state index contributed by atoms with van der Waals surface area (Å²) in [5.41, 5.74) is 11.2. The minimum atomic E-state index is 0. The van der Waals surface area contributed by atoms with Gasteiger partial charge in [0.2, 0.25) is 0 Å². The summed E-state index contributed by atoms with van der Waals surface area (Å²) in [7, 11) is 0. The minimum absolute atomic E-state index is 0. The summed E-state index contributed by atoms with van der Waals surface area (Å²) in [4.78, 5) is 5.49. The van der Waals surface area contributed by atoms with Crippen LogP contribution in [0.2, 0.25) is 0 Å². The monoisotopic (exact) mass is 252 g/mol. The number of benzene rings is 1. The third-order valence-corrected chi connectivity index (χ3v) is 3.42. The van der Waals surface area contributed by atoms with Gasteiger partial charge < -0.3 is 5.73 Å². The number of hydrogen-bond donors (Lipinski definition) is 1. The predicted molar refractivity (Wildman–Crippen MR) is 75.3 cm³/mol. The second-order valence-electron chi connectivity index (χ2n) is 3.68. The maximum atomic E-state index is 5.80. The molecule has 2 nitrogen and oxygen atoms in total. The molecule has 0 aliphatic heterocycles. The molecule has 1 atom stereocenters. The topological polar surface area (TPSA) is 38.9 Å². The van der Waals surface area contributed by atoms with E-state index in [-0.39, 0.29) is 19.5 Å². The van der Waals surface area contributed by atoms with Crippen molar-refractivity contribution in [2.75, 3.05) is 0 Å². The van der Waals surface area contributed by atoms with Crippen molar-refractivity contribution in [3.63, 3.8) is 0 Å². The van der Waals surface area contributed by atoms with Crippen LogP contribution in [-0.4, -0.2) is 4.98 Å². The molecule has 0 radical (unpaired) electrons. The molecule has 0 spiro atoms. The molecule has 2 N–H and O–H groups in total. The van der Waals surface area contributed by atoms with E-state index < -0.39 is 0 Å². The minimum Gasteiger partial charge on any atom is -0.324 e. The van der Waals surface area contributed by atoms with Gasteiger partial charge in [-0.15, -0.1) is 11.3 Å². The van der Waals surface area contributed by atoms with E-state index in [1.165, 1.54) is 16.0 Å². The summed E-state index contributed by atoms with van der Waals surface area (Å²) in [5.74, 6) is 0. The Morgan fingerprint density at radius 2 is 1.88 bits per heavy atom. The summed E-state index contributed by atoms with van der Waals surface area (Å²) in [6, 6.07) is 8.48. The van der Waals surface area contributed by atoms with Crippen LogP contribution in [0.3, 0.4) is 0 Å². The molecule has 0 aliphatic rings. The van der Waals surface area contributed by atoms with Gasteiger partial charge in [0.15, 0.2) is 0 Å². The smallest absolute Gasteiger partial charge is 0.0801 e. The zero-order chi connectivity index (χ0) is 10.8. The van der Waals surface area contributed by atoms with Gasteiger partial charge >= 0.3 is 0 Å². The highest BCUT2D eigenvalue weighted by Crippen LogP contribution is 2.27. The van der Waals surface area contributed by atoms with E-state index in [1.807, 2.05) is 19.4 Å². The predicted octanol–water partition coefficient (Wildman–Crippen LogP) is 3.25. The second kappa shape index (κ2) is 5.48.